The van der Waals surface area contributed by atoms with Gasteiger partial charge < -0.3 is 0 Å². The predicted octanol–water partition coefficient (Wildman–Crippen LogP) is 5.66. The van der Waals surface area contributed by atoms with Crippen LogP contribution in [0.2, 0.25) is 0 Å². The third-order valence-corrected chi connectivity index (χ3v) is 8.80. The van der Waals surface area contributed by atoms with Crippen LogP contribution in [0.15, 0.2) is 0 Å². The van der Waals surface area contributed by atoms with Gasteiger partial charge >= 0.3 is 0 Å². The van der Waals surface area contributed by atoms with E-state index in [9.17, 15) is 0 Å². The molecule has 2 fully saturated rings. The maximum absolute atomic E-state index is 6.44. The molecule has 0 heterocycles. The van der Waals surface area contributed by atoms with Gasteiger partial charge in [0.15, 0.2) is 0 Å². The van der Waals surface area contributed by atoms with E-state index in [1.54, 1.807) is 0 Å². The van der Waals surface area contributed by atoms with Gasteiger partial charge in [0.1, 0.15) is 9.67 Å². The summed E-state index contributed by atoms with van der Waals surface area (Å²) in [6, 6.07) is 0. The molecule has 0 aliphatic heterocycles. The zero-order valence-electron chi connectivity index (χ0n) is 9.07. The van der Waals surface area contributed by atoms with Crippen molar-refractivity contribution in [2.75, 3.05) is 0 Å². The van der Waals surface area contributed by atoms with Crippen molar-refractivity contribution in [2.24, 2.45) is 16.7 Å². The molecular formula is C10H10Cl8. The SMILES string of the molecule is C[C@@]1(C(Cl)Cl)C2[C@@H](Cl)[C@H](Cl)C1(C(Cl)Cl)[C@@H](Cl)[C@@H]2Cl. The van der Waals surface area contributed by atoms with Crippen LogP contribution in [0.5, 0.6) is 0 Å². The Morgan fingerprint density at radius 1 is 0.778 bits per heavy atom. The largest absolute Gasteiger partial charge is 0.121 e. The molecule has 0 saturated heterocycles. The Kier molecular flexibility index (Phi) is 4.82. The molecule has 8 heteroatoms. The van der Waals surface area contributed by atoms with Crippen LogP contribution >= 0.6 is 92.8 Å². The van der Waals surface area contributed by atoms with Crippen LogP contribution in [0.25, 0.3) is 0 Å². The molecule has 0 aromatic carbocycles. The van der Waals surface area contributed by atoms with Gasteiger partial charge in [0.2, 0.25) is 0 Å². The molecule has 0 aromatic rings. The van der Waals surface area contributed by atoms with E-state index in [0.29, 0.717) is 0 Å². The first-order chi connectivity index (χ1) is 8.15. The van der Waals surface area contributed by atoms with Gasteiger partial charge in [-0.25, -0.2) is 0 Å². The van der Waals surface area contributed by atoms with Gasteiger partial charge in [-0.05, 0) is 0 Å². The second-order valence-electron chi connectivity index (χ2n) is 5.04. The molecule has 0 N–H and O–H groups in total. The fraction of sp³-hybridized carbons (Fsp3) is 1.00. The van der Waals surface area contributed by atoms with Crippen LogP contribution in [0, 0.1) is 16.7 Å². The maximum atomic E-state index is 6.44. The number of rotatable bonds is 2. The van der Waals surface area contributed by atoms with Crippen molar-refractivity contribution >= 4 is 92.8 Å². The van der Waals surface area contributed by atoms with E-state index < -0.39 is 42.0 Å². The molecule has 0 nitrogen and oxygen atoms in total. The van der Waals surface area contributed by atoms with E-state index in [2.05, 4.69) is 0 Å². The average molecular weight is 414 g/mol. The molecule has 2 aliphatic rings. The van der Waals surface area contributed by atoms with Crippen LogP contribution < -0.4 is 0 Å². The summed E-state index contributed by atoms with van der Waals surface area (Å²) in [5, 5.41) is -1.92. The lowest BCUT2D eigenvalue weighted by molar-refractivity contribution is 0.143. The first-order valence-electron chi connectivity index (χ1n) is 5.27. The first-order valence-corrected chi connectivity index (χ1v) is 8.76. The van der Waals surface area contributed by atoms with Gasteiger partial charge in [-0.3, -0.25) is 0 Å². The van der Waals surface area contributed by atoms with Crippen LogP contribution in [0.4, 0.5) is 0 Å². The lowest BCUT2D eigenvalue weighted by atomic mass is 9.70. The second kappa shape index (κ2) is 5.20. The molecule has 2 aliphatic carbocycles. The van der Waals surface area contributed by atoms with E-state index in [1.807, 2.05) is 6.92 Å². The molecular weight excluding hydrogens is 404 g/mol. The van der Waals surface area contributed by atoms with E-state index in [0.717, 1.165) is 0 Å². The van der Waals surface area contributed by atoms with Crippen LogP contribution in [0.1, 0.15) is 6.92 Å². The van der Waals surface area contributed by atoms with Crippen molar-refractivity contribution in [3.63, 3.8) is 0 Å². The minimum absolute atomic E-state index is 0.245. The first kappa shape index (κ1) is 16.7. The van der Waals surface area contributed by atoms with Gasteiger partial charge in [-0.15, -0.1) is 92.8 Å². The van der Waals surface area contributed by atoms with E-state index >= 15 is 0 Å². The van der Waals surface area contributed by atoms with Gasteiger partial charge in [-0.2, -0.15) is 0 Å². The predicted molar refractivity (Wildman–Crippen MR) is 83.6 cm³/mol. The molecule has 2 bridgehead atoms. The fourth-order valence-corrected chi connectivity index (χ4v) is 8.21. The smallest absolute Gasteiger partial charge is 0.117 e. The van der Waals surface area contributed by atoms with Gasteiger partial charge in [0, 0.05) is 16.7 Å². The maximum Gasteiger partial charge on any atom is 0.117 e. The molecule has 2 rings (SSSR count). The zero-order valence-corrected chi connectivity index (χ0v) is 15.1. The monoisotopic (exact) mass is 410 g/mol. The number of alkyl halides is 8. The lowest BCUT2D eigenvalue weighted by Gasteiger charge is -2.46. The summed E-state index contributed by atoms with van der Waals surface area (Å²) < 4.78 is 0. The quantitative estimate of drug-likeness (QED) is 0.512. The molecule has 0 radical (unpaired) electrons. The van der Waals surface area contributed by atoms with Gasteiger partial charge in [-0.1, -0.05) is 6.92 Å². The Labute approximate surface area is 146 Å². The number of hydrogen-bond donors (Lipinski definition) is 0. The van der Waals surface area contributed by atoms with Crippen molar-refractivity contribution in [3.8, 4) is 0 Å². The summed E-state index contributed by atoms with van der Waals surface area (Å²) >= 11 is 50.3. The van der Waals surface area contributed by atoms with Crippen molar-refractivity contribution in [3.05, 3.63) is 0 Å². The highest BCUT2D eigenvalue weighted by atomic mass is 35.5. The topological polar surface area (TPSA) is 0 Å². The Morgan fingerprint density at radius 3 is 1.39 bits per heavy atom. The summed E-state index contributed by atoms with van der Waals surface area (Å²) in [5.41, 5.74) is -1.65. The highest BCUT2D eigenvalue weighted by Crippen LogP contribution is 2.75. The molecule has 18 heavy (non-hydrogen) atoms. The molecule has 106 valence electrons. The molecule has 0 spiro atoms. The highest BCUT2D eigenvalue weighted by Gasteiger charge is 2.80. The summed E-state index contributed by atoms with van der Waals surface area (Å²) in [6.45, 7) is 1.86. The summed E-state index contributed by atoms with van der Waals surface area (Å²) in [6.07, 6.45) is 0. The molecule has 0 unspecified atom stereocenters. The van der Waals surface area contributed by atoms with Crippen molar-refractivity contribution in [1.29, 1.82) is 0 Å². The van der Waals surface area contributed by atoms with Crippen molar-refractivity contribution in [2.45, 2.75) is 38.1 Å². The van der Waals surface area contributed by atoms with Crippen molar-refractivity contribution < 1.29 is 0 Å². The van der Waals surface area contributed by atoms with E-state index in [4.69, 9.17) is 92.8 Å². The minimum Gasteiger partial charge on any atom is -0.121 e. The standard InChI is InChI=1S/C10H10Cl8/c1-9(7(15)16)2-3(11)5(13)10(9,8(17)18)6(14)4(2)12/h2-8H,1H3/t2?,3-,4-,5+,6+,9+,10?/m1/s1. The van der Waals surface area contributed by atoms with E-state index in [-0.39, 0.29) is 5.92 Å². The Morgan fingerprint density at radius 2 is 1.17 bits per heavy atom. The van der Waals surface area contributed by atoms with Crippen LogP contribution in [-0.2, 0) is 0 Å². The number of hydrogen-bond acceptors (Lipinski definition) is 0. The van der Waals surface area contributed by atoms with E-state index in [1.165, 1.54) is 0 Å². The summed E-state index contributed by atoms with van der Waals surface area (Å²) in [4.78, 5) is -1.63. The Balaban J connectivity index is 2.67. The second-order valence-corrected chi connectivity index (χ2v) is 9.18. The molecule has 2 saturated carbocycles. The Hall–Kier alpha value is 2.32. The van der Waals surface area contributed by atoms with Crippen LogP contribution in [0.3, 0.4) is 0 Å². The molecule has 0 aromatic heterocycles. The third kappa shape index (κ3) is 1.67. The van der Waals surface area contributed by atoms with Crippen LogP contribution in [-0.4, -0.2) is 31.2 Å². The molecule has 0 amide bonds. The average Bonchev–Trinajstić information content (AvgIpc) is 2.55. The van der Waals surface area contributed by atoms with Gasteiger partial charge in [0.05, 0.1) is 21.5 Å². The van der Waals surface area contributed by atoms with Gasteiger partial charge in [0.25, 0.3) is 0 Å². The van der Waals surface area contributed by atoms with Crippen molar-refractivity contribution in [1.82, 2.24) is 0 Å². The summed E-state index contributed by atoms with van der Waals surface area (Å²) in [5.74, 6) is -0.245. The number of fused-ring (bicyclic) bond motifs is 2. The third-order valence-electron chi connectivity index (χ3n) is 4.60. The fourth-order valence-electron chi connectivity index (χ4n) is 3.57. The highest BCUT2D eigenvalue weighted by molar-refractivity contribution is 6.49. The zero-order chi connectivity index (χ0) is 14.0. The minimum atomic E-state index is -0.920. The Bertz CT molecular complexity index is 329. The lowest BCUT2D eigenvalue weighted by Crippen LogP contribution is -2.53. The molecule has 5 atom stereocenters. The summed E-state index contributed by atoms with van der Waals surface area (Å²) in [7, 11) is 0. The number of halogens is 8. The normalized spacial score (nSPS) is 55.8.